The first kappa shape index (κ1) is 14.3. The van der Waals surface area contributed by atoms with Gasteiger partial charge in [0.1, 0.15) is 5.75 Å². The van der Waals surface area contributed by atoms with Crippen LogP contribution in [0.3, 0.4) is 0 Å². The van der Waals surface area contributed by atoms with E-state index in [-0.39, 0.29) is 25.0 Å². The van der Waals surface area contributed by atoms with Crippen LogP contribution >= 0.6 is 0 Å². The summed E-state index contributed by atoms with van der Waals surface area (Å²) in [6.45, 7) is 3.02. The van der Waals surface area contributed by atoms with Gasteiger partial charge in [-0.3, -0.25) is 14.6 Å². The maximum atomic E-state index is 12.1. The molecule has 1 aromatic heterocycles. The Balaban J connectivity index is 1.71. The van der Waals surface area contributed by atoms with Crippen molar-refractivity contribution in [1.29, 1.82) is 0 Å². The first-order valence-corrected chi connectivity index (χ1v) is 7.16. The lowest BCUT2D eigenvalue weighted by Gasteiger charge is -2.26. The highest BCUT2D eigenvalue weighted by molar-refractivity contribution is 5.88. The minimum Gasteiger partial charge on any atom is -0.483 e. The molecule has 3 rings (SSSR count). The molecule has 0 radical (unpaired) electrons. The quantitative estimate of drug-likeness (QED) is 0.913. The Morgan fingerprint density at radius 1 is 1.41 bits per heavy atom. The molecule has 1 fully saturated rings. The van der Waals surface area contributed by atoms with Crippen LogP contribution in [0, 0.1) is 6.92 Å². The second-order valence-corrected chi connectivity index (χ2v) is 5.28. The molecule has 1 aliphatic rings. The fraction of sp³-hybridized carbons (Fsp3) is 0.312. The van der Waals surface area contributed by atoms with Crippen LogP contribution in [0.25, 0.3) is 10.9 Å². The number of nitrogens with one attached hydrogen (secondary N) is 1. The lowest BCUT2D eigenvalue weighted by molar-refractivity contribution is -0.139. The second kappa shape index (κ2) is 6.01. The maximum Gasteiger partial charge on any atom is 0.261 e. The van der Waals surface area contributed by atoms with Crippen molar-refractivity contribution in [2.45, 2.75) is 6.92 Å². The van der Waals surface area contributed by atoms with E-state index in [9.17, 15) is 9.59 Å². The number of carbonyl (C=O) groups is 2. The number of aromatic nitrogens is 1. The number of amides is 2. The average molecular weight is 299 g/mol. The Morgan fingerprint density at radius 3 is 3.09 bits per heavy atom. The third-order valence-electron chi connectivity index (χ3n) is 3.60. The SMILES string of the molecule is Cc1ccc2c(OCC(=O)N3CCNC(=O)C3)ccnc2c1. The molecule has 0 spiro atoms. The summed E-state index contributed by atoms with van der Waals surface area (Å²) in [5, 5.41) is 3.56. The Bertz CT molecular complexity index is 730. The van der Waals surface area contributed by atoms with Crippen molar-refractivity contribution in [3.05, 3.63) is 36.0 Å². The van der Waals surface area contributed by atoms with Crippen LogP contribution in [-0.2, 0) is 9.59 Å². The highest BCUT2D eigenvalue weighted by Crippen LogP contribution is 2.24. The van der Waals surface area contributed by atoms with E-state index in [1.165, 1.54) is 4.90 Å². The minimum absolute atomic E-state index is 0.0831. The summed E-state index contributed by atoms with van der Waals surface area (Å²) in [4.78, 5) is 29.2. The average Bonchev–Trinajstić information content (AvgIpc) is 2.52. The van der Waals surface area contributed by atoms with Crippen molar-refractivity contribution in [2.24, 2.45) is 0 Å². The van der Waals surface area contributed by atoms with Crippen molar-refractivity contribution in [2.75, 3.05) is 26.2 Å². The zero-order valence-corrected chi connectivity index (χ0v) is 12.3. The molecule has 0 saturated carbocycles. The van der Waals surface area contributed by atoms with Crippen LogP contribution in [-0.4, -0.2) is 47.9 Å². The van der Waals surface area contributed by atoms with E-state index in [2.05, 4.69) is 10.3 Å². The van der Waals surface area contributed by atoms with E-state index < -0.39 is 0 Å². The summed E-state index contributed by atoms with van der Waals surface area (Å²) in [6.07, 6.45) is 1.66. The van der Waals surface area contributed by atoms with Crippen molar-refractivity contribution < 1.29 is 14.3 Å². The molecule has 0 aliphatic carbocycles. The zero-order chi connectivity index (χ0) is 15.5. The largest absolute Gasteiger partial charge is 0.483 e. The molecule has 1 saturated heterocycles. The molecule has 1 aliphatic heterocycles. The molecule has 114 valence electrons. The van der Waals surface area contributed by atoms with Gasteiger partial charge >= 0.3 is 0 Å². The number of rotatable bonds is 3. The van der Waals surface area contributed by atoms with Gasteiger partial charge in [-0.2, -0.15) is 0 Å². The van der Waals surface area contributed by atoms with Gasteiger partial charge < -0.3 is 15.0 Å². The van der Waals surface area contributed by atoms with Crippen molar-refractivity contribution in [3.63, 3.8) is 0 Å². The number of fused-ring (bicyclic) bond motifs is 1. The van der Waals surface area contributed by atoms with E-state index in [1.807, 2.05) is 25.1 Å². The molecule has 0 unspecified atom stereocenters. The second-order valence-electron chi connectivity index (χ2n) is 5.28. The van der Waals surface area contributed by atoms with E-state index >= 15 is 0 Å². The number of hydrogen-bond donors (Lipinski definition) is 1. The molecule has 6 nitrogen and oxygen atoms in total. The Morgan fingerprint density at radius 2 is 2.27 bits per heavy atom. The first-order chi connectivity index (χ1) is 10.6. The molecule has 2 aromatic rings. The number of piperazine rings is 1. The standard InChI is InChI=1S/C16H17N3O3/c1-11-2-3-12-13(8-11)17-5-4-14(12)22-10-16(21)19-7-6-18-15(20)9-19/h2-5,8H,6-7,9-10H2,1H3,(H,18,20). The van der Waals surface area contributed by atoms with Gasteiger partial charge in [0.2, 0.25) is 5.91 Å². The summed E-state index contributed by atoms with van der Waals surface area (Å²) in [7, 11) is 0. The van der Waals surface area contributed by atoms with Crippen molar-refractivity contribution in [3.8, 4) is 5.75 Å². The molecular formula is C16H17N3O3. The van der Waals surface area contributed by atoms with Crippen molar-refractivity contribution >= 4 is 22.7 Å². The molecular weight excluding hydrogens is 282 g/mol. The summed E-state index contributed by atoms with van der Waals surface area (Å²) in [6, 6.07) is 7.63. The number of hydrogen-bond acceptors (Lipinski definition) is 4. The summed E-state index contributed by atoms with van der Waals surface area (Å²) < 4.78 is 5.65. The van der Waals surface area contributed by atoms with E-state index in [1.54, 1.807) is 12.3 Å². The number of ether oxygens (including phenoxy) is 1. The van der Waals surface area contributed by atoms with Crippen LogP contribution in [0.1, 0.15) is 5.56 Å². The van der Waals surface area contributed by atoms with Gasteiger partial charge in [0.15, 0.2) is 6.61 Å². The third-order valence-corrected chi connectivity index (χ3v) is 3.60. The highest BCUT2D eigenvalue weighted by Gasteiger charge is 2.21. The maximum absolute atomic E-state index is 12.1. The van der Waals surface area contributed by atoms with E-state index in [4.69, 9.17) is 4.74 Å². The Hall–Kier alpha value is -2.63. The highest BCUT2D eigenvalue weighted by atomic mass is 16.5. The molecule has 22 heavy (non-hydrogen) atoms. The summed E-state index contributed by atoms with van der Waals surface area (Å²) >= 11 is 0. The van der Waals surface area contributed by atoms with Gasteiger partial charge in [0.05, 0.1) is 12.1 Å². The summed E-state index contributed by atoms with van der Waals surface area (Å²) in [5.74, 6) is 0.302. The molecule has 2 amide bonds. The number of aryl methyl sites for hydroxylation is 1. The fourth-order valence-electron chi connectivity index (χ4n) is 2.44. The molecule has 1 N–H and O–H groups in total. The predicted octanol–water partition coefficient (Wildman–Crippen LogP) is 0.880. The van der Waals surface area contributed by atoms with Crippen LogP contribution in [0.4, 0.5) is 0 Å². The molecule has 2 heterocycles. The van der Waals surface area contributed by atoms with E-state index in [0.29, 0.717) is 18.8 Å². The number of benzene rings is 1. The molecule has 6 heteroatoms. The van der Waals surface area contributed by atoms with Crippen LogP contribution in [0.2, 0.25) is 0 Å². The monoisotopic (exact) mass is 299 g/mol. The van der Waals surface area contributed by atoms with E-state index in [0.717, 1.165) is 16.5 Å². The number of pyridine rings is 1. The Kier molecular flexibility index (Phi) is 3.91. The normalized spacial score (nSPS) is 14.8. The first-order valence-electron chi connectivity index (χ1n) is 7.16. The lowest BCUT2D eigenvalue weighted by atomic mass is 10.1. The van der Waals surface area contributed by atoms with Gasteiger partial charge in [0, 0.05) is 24.7 Å². The van der Waals surface area contributed by atoms with Crippen LogP contribution in [0.5, 0.6) is 5.75 Å². The molecule has 0 atom stereocenters. The van der Waals surface area contributed by atoms with Crippen LogP contribution < -0.4 is 10.1 Å². The number of carbonyl (C=O) groups excluding carboxylic acids is 2. The van der Waals surface area contributed by atoms with Gasteiger partial charge in [-0.25, -0.2) is 0 Å². The van der Waals surface area contributed by atoms with Gasteiger partial charge in [-0.05, 0) is 30.7 Å². The third kappa shape index (κ3) is 3.00. The van der Waals surface area contributed by atoms with Gasteiger partial charge in [-0.1, -0.05) is 6.07 Å². The topological polar surface area (TPSA) is 71.5 Å². The lowest BCUT2D eigenvalue weighted by Crippen LogP contribution is -2.51. The number of nitrogens with zero attached hydrogens (tertiary/aromatic N) is 2. The summed E-state index contributed by atoms with van der Waals surface area (Å²) in [5.41, 5.74) is 1.95. The fourth-order valence-corrected chi connectivity index (χ4v) is 2.44. The Labute approximate surface area is 128 Å². The zero-order valence-electron chi connectivity index (χ0n) is 12.3. The smallest absolute Gasteiger partial charge is 0.261 e. The predicted molar refractivity (Wildman–Crippen MR) is 81.6 cm³/mol. The minimum atomic E-state index is -0.188. The molecule has 1 aromatic carbocycles. The molecule has 0 bridgehead atoms. The van der Waals surface area contributed by atoms with Crippen LogP contribution in [0.15, 0.2) is 30.5 Å². The van der Waals surface area contributed by atoms with Crippen molar-refractivity contribution in [1.82, 2.24) is 15.2 Å². The van der Waals surface area contributed by atoms with Gasteiger partial charge in [-0.15, -0.1) is 0 Å². The van der Waals surface area contributed by atoms with Gasteiger partial charge in [0.25, 0.3) is 5.91 Å².